The number of carboxylic acids is 1. The van der Waals surface area contributed by atoms with E-state index in [1.165, 1.54) is 11.3 Å². The van der Waals surface area contributed by atoms with E-state index in [1.807, 2.05) is 0 Å². The number of nitrogens with two attached hydrogens (primary N) is 1. The molecule has 0 aliphatic heterocycles. The van der Waals surface area contributed by atoms with Gasteiger partial charge in [-0.3, -0.25) is 0 Å². The quantitative estimate of drug-likeness (QED) is 0.628. The van der Waals surface area contributed by atoms with Crippen LogP contribution in [0.3, 0.4) is 0 Å². The summed E-state index contributed by atoms with van der Waals surface area (Å²) < 4.78 is 0. The van der Waals surface area contributed by atoms with E-state index in [1.54, 1.807) is 17.5 Å². The van der Waals surface area contributed by atoms with Gasteiger partial charge in [0.1, 0.15) is 4.88 Å². The van der Waals surface area contributed by atoms with Gasteiger partial charge in [0, 0.05) is 6.54 Å². The van der Waals surface area contributed by atoms with E-state index in [-0.39, 0.29) is 6.61 Å². The van der Waals surface area contributed by atoms with Crippen molar-refractivity contribution < 1.29 is 15.0 Å². The summed E-state index contributed by atoms with van der Waals surface area (Å²) >= 11 is 1.23. The summed E-state index contributed by atoms with van der Waals surface area (Å²) in [6.07, 6.45) is 0. The molecular formula is C7H11NO3S. The van der Waals surface area contributed by atoms with E-state index < -0.39 is 5.97 Å². The highest BCUT2D eigenvalue weighted by Gasteiger charge is 1.99. The van der Waals surface area contributed by atoms with Crippen LogP contribution in [0.4, 0.5) is 0 Å². The van der Waals surface area contributed by atoms with Crippen LogP contribution in [0.25, 0.3) is 0 Å². The molecule has 4 N–H and O–H groups in total. The number of thiophene rings is 1. The second-order valence-electron chi connectivity index (χ2n) is 1.79. The fourth-order valence-electron chi connectivity index (χ4n) is 0.400. The van der Waals surface area contributed by atoms with Gasteiger partial charge in [-0.1, -0.05) is 6.07 Å². The first-order valence-electron chi connectivity index (χ1n) is 3.30. The van der Waals surface area contributed by atoms with Crippen molar-refractivity contribution in [2.45, 2.75) is 0 Å². The largest absolute Gasteiger partial charge is 0.477 e. The van der Waals surface area contributed by atoms with Crippen LogP contribution in [-0.2, 0) is 0 Å². The van der Waals surface area contributed by atoms with Crippen LogP contribution in [0.15, 0.2) is 17.5 Å². The van der Waals surface area contributed by atoms with Crippen molar-refractivity contribution in [3.05, 3.63) is 22.4 Å². The Morgan fingerprint density at radius 2 is 2.25 bits per heavy atom. The third kappa shape index (κ3) is 4.84. The average molecular weight is 189 g/mol. The molecule has 1 rings (SSSR count). The molecular weight excluding hydrogens is 178 g/mol. The lowest BCUT2D eigenvalue weighted by Gasteiger charge is -1.78. The second kappa shape index (κ2) is 6.78. The van der Waals surface area contributed by atoms with Gasteiger partial charge in [0.25, 0.3) is 0 Å². The van der Waals surface area contributed by atoms with Crippen LogP contribution in [-0.4, -0.2) is 29.3 Å². The van der Waals surface area contributed by atoms with Crippen LogP contribution in [0.2, 0.25) is 0 Å². The molecule has 0 atom stereocenters. The molecule has 0 aliphatic rings. The number of hydrogen-bond donors (Lipinski definition) is 3. The number of aliphatic hydroxyl groups excluding tert-OH is 1. The number of aliphatic hydroxyl groups is 1. The first-order chi connectivity index (χ1) is 5.72. The molecule has 5 heteroatoms. The Labute approximate surface area is 74.3 Å². The number of carboxylic acid groups (broad SMARTS) is 1. The van der Waals surface area contributed by atoms with Crippen LogP contribution in [0.5, 0.6) is 0 Å². The Morgan fingerprint density at radius 3 is 2.42 bits per heavy atom. The second-order valence-corrected chi connectivity index (χ2v) is 2.74. The average Bonchev–Trinajstić information content (AvgIpc) is 2.57. The van der Waals surface area contributed by atoms with E-state index in [9.17, 15) is 4.79 Å². The maximum atomic E-state index is 10.1. The van der Waals surface area contributed by atoms with Crippen molar-refractivity contribution in [1.82, 2.24) is 0 Å². The highest BCUT2D eigenvalue weighted by molar-refractivity contribution is 7.11. The van der Waals surface area contributed by atoms with Gasteiger partial charge in [0.15, 0.2) is 0 Å². The topological polar surface area (TPSA) is 83.5 Å². The summed E-state index contributed by atoms with van der Waals surface area (Å²) in [7, 11) is 0. The van der Waals surface area contributed by atoms with Gasteiger partial charge in [-0.15, -0.1) is 11.3 Å². The Bertz CT molecular complexity index is 208. The minimum absolute atomic E-state index is 0.0972. The van der Waals surface area contributed by atoms with Gasteiger partial charge < -0.3 is 15.9 Å². The zero-order valence-electron chi connectivity index (χ0n) is 6.43. The monoisotopic (exact) mass is 189 g/mol. The molecule has 0 amide bonds. The SMILES string of the molecule is NCCO.O=C(O)c1cccs1. The zero-order chi connectivity index (χ0) is 9.40. The van der Waals surface area contributed by atoms with Gasteiger partial charge >= 0.3 is 5.97 Å². The number of aromatic carboxylic acids is 1. The molecule has 0 aromatic carbocycles. The minimum Gasteiger partial charge on any atom is -0.477 e. The highest BCUT2D eigenvalue weighted by atomic mass is 32.1. The highest BCUT2D eigenvalue weighted by Crippen LogP contribution is 2.06. The van der Waals surface area contributed by atoms with Crippen LogP contribution < -0.4 is 5.73 Å². The van der Waals surface area contributed by atoms with Crippen molar-refractivity contribution in [2.24, 2.45) is 5.73 Å². The third-order valence-corrected chi connectivity index (χ3v) is 1.72. The molecule has 1 aromatic heterocycles. The summed E-state index contributed by atoms with van der Waals surface area (Å²) in [5, 5.41) is 17.8. The first kappa shape index (κ1) is 11.1. The zero-order valence-corrected chi connectivity index (χ0v) is 7.25. The van der Waals surface area contributed by atoms with Crippen molar-refractivity contribution in [2.75, 3.05) is 13.2 Å². The number of carbonyl (C=O) groups is 1. The van der Waals surface area contributed by atoms with E-state index in [4.69, 9.17) is 15.9 Å². The first-order valence-corrected chi connectivity index (χ1v) is 4.18. The van der Waals surface area contributed by atoms with Crippen LogP contribution in [0.1, 0.15) is 9.67 Å². The summed E-state index contributed by atoms with van der Waals surface area (Å²) in [6, 6.07) is 3.29. The molecule has 0 unspecified atom stereocenters. The molecule has 0 bridgehead atoms. The van der Waals surface area contributed by atoms with Crippen molar-refractivity contribution >= 4 is 17.3 Å². The van der Waals surface area contributed by atoms with E-state index in [0.29, 0.717) is 11.4 Å². The van der Waals surface area contributed by atoms with Gasteiger partial charge in [0.2, 0.25) is 0 Å². The predicted molar refractivity (Wildman–Crippen MR) is 47.4 cm³/mol. The van der Waals surface area contributed by atoms with Gasteiger partial charge in [0.05, 0.1) is 6.61 Å². The van der Waals surface area contributed by atoms with Gasteiger partial charge in [-0.25, -0.2) is 4.79 Å². The molecule has 1 heterocycles. The lowest BCUT2D eigenvalue weighted by atomic mass is 10.5. The molecule has 0 aliphatic carbocycles. The Morgan fingerprint density at radius 1 is 1.67 bits per heavy atom. The van der Waals surface area contributed by atoms with Crippen molar-refractivity contribution in [3.63, 3.8) is 0 Å². The van der Waals surface area contributed by atoms with Gasteiger partial charge in [-0.2, -0.15) is 0 Å². The summed E-state index contributed by atoms with van der Waals surface area (Å²) in [6.45, 7) is 0.472. The lowest BCUT2D eigenvalue weighted by molar-refractivity contribution is 0.0702. The normalized spacial score (nSPS) is 8.50. The third-order valence-electron chi connectivity index (χ3n) is 0.861. The van der Waals surface area contributed by atoms with Crippen LogP contribution >= 0.6 is 11.3 Å². The smallest absolute Gasteiger partial charge is 0.345 e. The molecule has 0 fully saturated rings. The fourth-order valence-corrected chi connectivity index (χ4v) is 0.962. The minimum atomic E-state index is -0.847. The molecule has 0 saturated heterocycles. The molecule has 68 valence electrons. The number of hydrogen-bond acceptors (Lipinski definition) is 4. The van der Waals surface area contributed by atoms with Crippen LogP contribution in [0, 0.1) is 0 Å². The molecule has 0 spiro atoms. The fraction of sp³-hybridized carbons (Fsp3) is 0.286. The molecule has 4 nitrogen and oxygen atoms in total. The predicted octanol–water partition coefficient (Wildman–Crippen LogP) is 0.384. The Kier molecular flexibility index (Phi) is 6.26. The standard InChI is InChI=1S/C5H4O2S.C2H7NO/c6-5(7)4-2-1-3-8-4;3-1-2-4/h1-3H,(H,6,7);4H,1-3H2. The molecule has 0 saturated carbocycles. The maximum Gasteiger partial charge on any atom is 0.345 e. The van der Waals surface area contributed by atoms with E-state index in [0.717, 1.165) is 0 Å². The summed E-state index contributed by atoms with van der Waals surface area (Å²) in [4.78, 5) is 10.5. The lowest BCUT2D eigenvalue weighted by Crippen LogP contribution is -2.02. The maximum absolute atomic E-state index is 10.1. The summed E-state index contributed by atoms with van der Waals surface area (Å²) in [5.74, 6) is -0.847. The van der Waals surface area contributed by atoms with Crippen molar-refractivity contribution in [1.29, 1.82) is 0 Å². The van der Waals surface area contributed by atoms with Crippen molar-refractivity contribution in [3.8, 4) is 0 Å². The van der Waals surface area contributed by atoms with E-state index >= 15 is 0 Å². The molecule has 0 radical (unpaired) electrons. The number of rotatable bonds is 2. The summed E-state index contributed by atoms with van der Waals surface area (Å²) in [5.41, 5.74) is 4.78. The molecule has 12 heavy (non-hydrogen) atoms. The Hall–Kier alpha value is -0.910. The van der Waals surface area contributed by atoms with E-state index in [2.05, 4.69) is 0 Å². The molecule has 1 aromatic rings. The Balaban J connectivity index is 0.000000261. The van der Waals surface area contributed by atoms with Gasteiger partial charge in [-0.05, 0) is 11.4 Å².